The SMILES string of the molecule is C=CCSCCCSCc1ccccc1. The summed E-state index contributed by atoms with van der Waals surface area (Å²) in [5.74, 6) is 4.75. The number of hydrogen-bond donors (Lipinski definition) is 0. The summed E-state index contributed by atoms with van der Waals surface area (Å²) >= 11 is 3.99. The monoisotopic (exact) mass is 238 g/mol. The second-order valence-corrected chi connectivity index (χ2v) is 5.51. The normalized spacial score (nSPS) is 10.1. The van der Waals surface area contributed by atoms with Gasteiger partial charge in [0.25, 0.3) is 0 Å². The predicted molar refractivity (Wildman–Crippen MR) is 74.7 cm³/mol. The maximum atomic E-state index is 3.71. The molecule has 0 spiro atoms. The third-order valence-electron chi connectivity index (χ3n) is 1.92. The third-order valence-corrected chi connectivity index (χ3v) is 4.09. The van der Waals surface area contributed by atoms with Crippen LogP contribution in [-0.4, -0.2) is 17.3 Å². The van der Waals surface area contributed by atoms with Crippen molar-refractivity contribution in [2.45, 2.75) is 12.2 Å². The zero-order chi connectivity index (χ0) is 10.8. The molecular weight excluding hydrogens is 220 g/mol. The van der Waals surface area contributed by atoms with Gasteiger partial charge in [-0.05, 0) is 23.5 Å². The van der Waals surface area contributed by atoms with Gasteiger partial charge in [0.2, 0.25) is 0 Å². The van der Waals surface area contributed by atoms with E-state index in [0.29, 0.717) is 0 Å². The molecule has 82 valence electrons. The molecule has 15 heavy (non-hydrogen) atoms. The van der Waals surface area contributed by atoms with Crippen molar-refractivity contribution in [1.82, 2.24) is 0 Å². The summed E-state index contributed by atoms with van der Waals surface area (Å²) in [5.41, 5.74) is 1.43. The summed E-state index contributed by atoms with van der Waals surface area (Å²) < 4.78 is 0. The van der Waals surface area contributed by atoms with E-state index >= 15 is 0 Å². The van der Waals surface area contributed by atoms with E-state index in [1.54, 1.807) is 0 Å². The number of hydrogen-bond acceptors (Lipinski definition) is 2. The molecular formula is C13H18S2. The van der Waals surface area contributed by atoms with Crippen molar-refractivity contribution in [2.75, 3.05) is 17.3 Å². The zero-order valence-electron chi connectivity index (χ0n) is 9.02. The summed E-state index contributed by atoms with van der Waals surface area (Å²) in [6.07, 6.45) is 3.28. The van der Waals surface area contributed by atoms with Crippen LogP contribution < -0.4 is 0 Å². The molecule has 0 atom stereocenters. The van der Waals surface area contributed by atoms with Gasteiger partial charge in [-0.15, -0.1) is 6.58 Å². The highest BCUT2D eigenvalue weighted by Crippen LogP contribution is 2.14. The Balaban J connectivity index is 1.95. The molecule has 0 nitrogen and oxygen atoms in total. The van der Waals surface area contributed by atoms with Crippen LogP contribution >= 0.6 is 23.5 Å². The molecule has 0 aliphatic carbocycles. The second kappa shape index (κ2) is 8.93. The Morgan fingerprint density at radius 2 is 1.80 bits per heavy atom. The molecule has 1 rings (SSSR count). The molecule has 0 fully saturated rings. The van der Waals surface area contributed by atoms with Crippen LogP contribution in [0.1, 0.15) is 12.0 Å². The summed E-state index contributed by atoms with van der Waals surface area (Å²) in [6, 6.07) is 10.7. The van der Waals surface area contributed by atoms with Crippen molar-refractivity contribution >= 4 is 23.5 Å². The standard InChI is InChI=1S/C13H18S2/c1-2-9-14-10-6-11-15-12-13-7-4-3-5-8-13/h2-5,7-8H,1,6,9-12H2. The molecule has 0 bridgehead atoms. The highest BCUT2D eigenvalue weighted by atomic mass is 32.2. The molecule has 0 saturated heterocycles. The van der Waals surface area contributed by atoms with Crippen LogP contribution in [0.5, 0.6) is 0 Å². The van der Waals surface area contributed by atoms with E-state index in [9.17, 15) is 0 Å². The highest BCUT2D eigenvalue weighted by Gasteiger charge is 1.92. The first kappa shape index (κ1) is 12.7. The Hall–Kier alpha value is -0.340. The molecule has 0 aliphatic rings. The van der Waals surface area contributed by atoms with Gasteiger partial charge in [0.1, 0.15) is 0 Å². The third kappa shape index (κ3) is 6.69. The maximum absolute atomic E-state index is 3.71. The van der Waals surface area contributed by atoms with Crippen LogP contribution in [0.3, 0.4) is 0 Å². The average Bonchev–Trinajstić information content (AvgIpc) is 2.29. The van der Waals surface area contributed by atoms with Crippen molar-refractivity contribution in [3.8, 4) is 0 Å². The Kier molecular flexibility index (Phi) is 7.58. The van der Waals surface area contributed by atoms with Crippen molar-refractivity contribution in [1.29, 1.82) is 0 Å². The second-order valence-electron chi connectivity index (χ2n) is 3.26. The highest BCUT2D eigenvalue weighted by molar-refractivity contribution is 7.99. The lowest BCUT2D eigenvalue weighted by molar-refractivity contribution is 1.12. The van der Waals surface area contributed by atoms with Gasteiger partial charge in [-0.2, -0.15) is 23.5 Å². The molecule has 1 aromatic rings. The van der Waals surface area contributed by atoms with Crippen LogP contribution in [-0.2, 0) is 5.75 Å². The van der Waals surface area contributed by atoms with Crippen LogP contribution in [0.2, 0.25) is 0 Å². The van der Waals surface area contributed by atoms with E-state index in [1.165, 1.54) is 23.5 Å². The number of rotatable bonds is 8. The molecule has 0 saturated carbocycles. The minimum Gasteiger partial charge on any atom is -0.158 e. The first-order chi connectivity index (χ1) is 7.43. The smallest absolute Gasteiger partial charge is 0.0184 e. The van der Waals surface area contributed by atoms with Gasteiger partial charge < -0.3 is 0 Å². The van der Waals surface area contributed by atoms with E-state index in [0.717, 1.165) is 11.5 Å². The minimum atomic E-state index is 1.09. The Bertz CT molecular complexity index is 256. The molecule has 0 amide bonds. The lowest BCUT2D eigenvalue weighted by atomic mass is 10.2. The zero-order valence-corrected chi connectivity index (χ0v) is 10.7. The molecule has 0 N–H and O–H groups in total. The Labute approximate surface area is 102 Å². The molecule has 2 heteroatoms. The van der Waals surface area contributed by atoms with Crippen molar-refractivity contribution in [3.63, 3.8) is 0 Å². The number of benzene rings is 1. The van der Waals surface area contributed by atoms with Crippen LogP contribution in [0.15, 0.2) is 43.0 Å². The van der Waals surface area contributed by atoms with Gasteiger partial charge in [-0.3, -0.25) is 0 Å². The molecule has 1 aromatic carbocycles. The van der Waals surface area contributed by atoms with Gasteiger partial charge in [-0.1, -0.05) is 36.4 Å². The van der Waals surface area contributed by atoms with E-state index in [4.69, 9.17) is 0 Å². The topological polar surface area (TPSA) is 0 Å². The first-order valence-corrected chi connectivity index (χ1v) is 7.54. The fourth-order valence-electron chi connectivity index (χ4n) is 1.19. The van der Waals surface area contributed by atoms with Crippen molar-refractivity contribution in [2.24, 2.45) is 0 Å². The maximum Gasteiger partial charge on any atom is 0.0184 e. The van der Waals surface area contributed by atoms with E-state index in [1.807, 2.05) is 29.6 Å². The molecule has 0 heterocycles. The Morgan fingerprint density at radius 3 is 2.53 bits per heavy atom. The summed E-state index contributed by atoms with van der Waals surface area (Å²) in [4.78, 5) is 0. The first-order valence-electron chi connectivity index (χ1n) is 5.24. The average molecular weight is 238 g/mol. The number of thioether (sulfide) groups is 2. The predicted octanol–water partition coefficient (Wildman–Crippen LogP) is 4.23. The van der Waals surface area contributed by atoms with Gasteiger partial charge in [0, 0.05) is 11.5 Å². The van der Waals surface area contributed by atoms with Gasteiger partial charge in [0.05, 0.1) is 0 Å². The summed E-state index contributed by atoms with van der Waals surface area (Å²) in [7, 11) is 0. The lowest BCUT2D eigenvalue weighted by Gasteiger charge is -2.01. The van der Waals surface area contributed by atoms with E-state index in [-0.39, 0.29) is 0 Å². The van der Waals surface area contributed by atoms with Gasteiger partial charge in [0.15, 0.2) is 0 Å². The van der Waals surface area contributed by atoms with Crippen molar-refractivity contribution < 1.29 is 0 Å². The summed E-state index contributed by atoms with van der Waals surface area (Å²) in [5, 5.41) is 0. The van der Waals surface area contributed by atoms with Crippen LogP contribution in [0.4, 0.5) is 0 Å². The van der Waals surface area contributed by atoms with E-state index < -0.39 is 0 Å². The Morgan fingerprint density at radius 1 is 1.07 bits per heavy atom. The van der Waals surface area contributed by atoms with Crippen LogP contribution in [0, 0.1) is 0 Å². The van der Waals surface area contributed by atoms with E-state index in [2.05, 4.69) is 36.9 Å². The molecule has 0 radical (unpaired) electrons. The van der Waals surface area contributed by atoms with Gasteiger partial charge >= 0.3 is 0 Å². The quantitative estimate of drug-likeness (QED) is 0.491. The van der Waals surface area contributed by atoms with Gasteiger partial charge in [-0.25, -0.2) is 0 Å². The molecule has 0 unspecified atom stereocenters. The molecule has 0 aliphatic heterocycles. The lowest BCUT2D eigenvalue weighted by Crippen LogP contribution is -1.86. The van der Waals surface area contributed by atoms with Crippen LogP contribution in [0.25, 0.3) is 0 Å². The fraction of sp³-hybridized carbons (Fsp3) is 0.385. The van der Waals surface area contributed by atoms with Crippen molar-refractivity contribution in [3.05, 3.63) is 48.6 Å². The molecule has 0 aromatic heterocycles. The minimum absolute atomic E-state index is 1.09. The largest absolute Gasteiger partial charge is 0.158 e. The fourth-order valence-corrected chi connectivity index (χ4v) is 2.98. The summed E-state index contributed by atoms with van der Waals surface area (Å²) in [6.45, 7) is 3.71.